The second-order valence-electron chi connectivity index (χ2n) is 10.0. The molecule has 0 spiro atoms. The summed E-state index contributed by atoms with van der Waals surface area (Å²) in [5.74, 6) is 1.11. The predicted octanol–water partition coefficient (Wildman–Crippen LogP) is 5.08. The molecule has 2 aromatic heterocycles. The fourth-order valence-electron chi connectivity index (χ4n) is 4.73. The van der Waals surface area contributed by atoms with Crippen molar-refractivity contribution in [1.82, 2.24) is 20.2 Å². The van der Waals surface area contributed by atoms with Crippen molar-refractivity contribution in [3.63, 3.8) is 0 Å². The number of nitrogens with zero attached hydrogens (tertiary/aromatic N) is 3. The Hall–Kier alpha value is -3.39. The summed E-state index contributed by atoms with van der Waals surface area (Å²) in [6, 6.07) is 8.50. The fourth-order valence-corrected chi connectivity index (χ4v) is 5.45. The van der Waals surface area contributed by atoms with Crippen LogP contribution in [-0.4, -0.2) is 46.5 Å². The van der Waals surface area contributed by atoms with E-state index in [-0.39, 0.29) is 11.9 Å². The fraction of sp³-hybridized carbons (Fsp3) is 0.370. The molecule has 1 aromatic carbocycles. The van der Waals surface area contributed by atoms with Gasteiger partial charge in [0.25, 0.3) is 0 Å². The molecule has 8 heteroatoms. The Bertz CT molecular complexity index is 1310. The summed E-state index contributed by atoms with van der Waals surface area (Å²) in [4.78, 5) is 24.0. The molecule has 182 valence electrons. The molecular weight excluding hydrogens is 456 g/mol. The van der Waals surface area contributed by atoms with E-state index in [0.717, 1.165) is 47.8 Å². The van der Waals surface area contributed by atoms with E-state index in [1.165, 1.54) is 15.8 Å². The first-order chi connectivity index (χ1) is 16.8. The van der Waals surface area contributed by atoms with Crippen molar-refractivity contribution in [2.75, 3.05) is 30.3 Å². The van der Waals surface area contributed by atoms with E-state index in [1.807, 2.05) is 49.5 Å². The van der Waals surface area contributed by atoms with Gasteiger partial charge in [0.2, 0.25) is 5.91 Å². The van der Waals surface area contributed by atoms with Crippen LogP contribution in [0.5, 0.6) is 0 Å². The summed E-state index contributed by atoms with van der Waals surface area (Å²) in [7, 11) is 0. The molecular formula is C27H32N6OS. The monoisotopic (exact) mass is 488 g/mol. The van der Waals surface area contributed by atoms with Gasteiger partial charge in [-0.05, 0) is 57.0 Å². The second kappa shape index (κ2) is 9.34. The van der Waals surface area contributed by atoms with E-state index in [2.05, 4.69) is 50.7 Å². The number of amides is 1. The first-order valence-corrected chi connectivity index (χ1v) is 12.9. The van der Waals surface area contributed by atoms with Crippen LogP contribution < -0.4 is 16.0 Å². The lowest BCUT2D eigenvalue weighted by molar-refractivity contribution is -0.139. The first-order valence-electron chi connectivity index (χ1n) is 12.0. The van der Waals surface area contributed by atoms with Gasteiger partial charge < -0.3 is 20.9 Å². The molecule has 2 aliphatic rings. The van der Waals surface area contributed by atoms with Gasteiger partial charge >= 0.3 is 0 Å². The number of fused-ring (bicyclic) bond motifs is 2. The van der Waals surface area contributed by atoms with Gasteiger partial charge in [-0.3, -0.25) is 4.79 Å². The van der Waals surface area contributed by atoms with Crippen LogP contribution in [0.4, 0.5) is 17.2 Å². The molecule has 0 aliphatic carbocycles. The van der Waals surface area contributed by atoms with Crippen molar-refractivity contribution in [3.8, 4) is 0 Å². The number of benzene rings is 1. The molecule has 1 unspecified atom stereocenters. The molecule has 7 nitrogen and oxygen atoms in total. The number of hydrogen-bond acceptors (Lipinski definition) is 7. The topological polar surface area (TPSA) is 82.2 Å². The van der Waals surface area contributed by atoms with E-state index in [0.29, 0.717) is 13.1 Å². The summed E-state index contributed by atoms with van der Waals surface area (Å²) < 4.78 is 1.17. The van der Waals surface area contributed by atoms with Crippen LogP contribution in [0.25, 0.3) is 10.2 Å². The third-order valence-corrected chi connectivity index (χ3v) is 7.57. The smallest absolute Gasteiger partial charge is 0.230 e. The molecule has 3 aromatic rings. The number of rotatable bonds is 7. The number of anilines is 3. The Morgan fingerprint density at radius 1 is 1.31 bits per heavy atom. The molecule has 2 aliphatic heterocycles. The largest absolute Gasteiger partial charge is 0.388 e. The van der Waals surface area contributed by atoms with Crippen LogP contribution in [0.1, 0.15) is 32.8 Å². The normalized spacial score (nSPS) is 17.5. The SMILES string of the molecule is C=C(C)NCC(C)(C)C(=O)N1CC=C(C2Cc3c(Nc4ccc5ncsc5c4)ccnc3N2)CC1. The predicted molar refractivity (Wildman–Crippen MR) is 144 cm³/mol. The highest BCUT2D eigenvalue weighted by molar-refractivity contribution is 7.16. The second-order valence-corrected chi connectivity index (χ2v) is 10.9. The minimum atomic E-state index is -0.473. The Kier molecular flexibility index (Phi) is 6.23. The first kappa shape index (κ1) is 23.4. The standard InChI is InChI=1S/C27H32N6OS/c1-17(2)29-15-27(3,4)26(34)33-11-8-18(9-12-33)23-14-20-21(7-10-28-25(20)32-23)31-19-5-6-22-24(13-19)35-16-30-22/h5-8,10,13,16,23,29H,1,9,11-12,14-15H2,2-4H3,(H2,28,31,32). The number of nitrogens with one attached hydrogen (secondary N) is 3. The van der Waals surface area contributed by atoms with Crippen molar-refractivity contribution in [1.29, 1.82) is 0 Å². The molecule has 5 rings (SSSR count). The maximum atomic E-state index is 13.1. The van der Waals surface area contributed by atoms with E-state index >= 15 is 0 Å². The van der Waals surface area contributed by atoms with Gasteiger partial charge in [-0.1, -0.05) is 12.7 Å². The zero-order valence-corrected chi connectivity index (χ0v) is 21.3. The Morgan fingerprint density at radius 3 is 2.94 bits per heavy atom. The third kappa shape index (κ3) is 4.89. The molecule has 1 atom stereocenters. The van der Waals surface area contributed by atoms with Gasteiger partial charge in [0, 0.05) is 54.9 Å². The van der Waals surface area contributed by atoms with Gasteiger partial charge in [0.1, 0.15) is 5.82 Å². The maximum Gasteiger partial charge on any atom is 0.230 e. The summed E-state index contributed by atoms with van der Waals surface area (Å²) in [6.45, 7) is 11.7. The highest BCUT2D eigenvalue weighted by Gasteiger charge is 2.34. The maximum absolute atomic E-state index is 13.1. The van der Waals surface area contributed by atoms with Gasteiger partial charge in [-0.2, -0.15) is 0 Å². The molecule has 3 N–H and O–H groups in total. The number of hydrogen-bond donors (Lipinski definition) is 3. The Morgan fingerprint density at radius 2 is 2.17 bits per heavy atom. The highest BCUT2D eigenvalue weighted by Crippen LogP contribution is 2.36. The van der Waals surface area contributed by atoms with Gasteiger partial charge in [-0.25, -0.2) is 9.97 Å². The van der Waals surface area contributed by atoms with E-state index in [9.17, 15) is 4.79 Å². The molecule has 0 bridgehead atoms. The average molecular weight is 489 g/mol. The van der Waals surface area contributed by atoms with E-state index < -0.39 is 5.41 Å². The van der Waals surface area contributed by atoms with Crippen molar-refractivity contribution in [2.24, 2.45) is 5.41 Å². The van der Waals surface area contributed by atoms with Crippen molar-refractivity contribution in [2.45, 2.75) is 39.7 Å². The summed E-state index contributed by atoms with van der Waals surface area (Å²) >= 11 is 1.65. The third-order valence-electron chi connectivity index (χ3n) is 6.78. The van der Waals surface area contributed by atoms with Crippen molar-refractivity contribution in [3.05, 3.63) is 65.5 Å². The number of carbonyl (C=O) groups excluding carboxylic acids is 1. The molecule has 0 radical (unpaired) electrons. The van der Waals surface area contributed by atoms with Crippen LogP contribution in [-0.2, 0) is 11.2 Å². The van der Waals surface area contributed by atoms with Gasteiger partial charge in [0.05, 0.1) is 27.2 Å². The number of aromatic nitrogens is 2. The molecule has 1 amide bonds. The van der Waals surface area contributed by atoms with Crippen molar-refractivity contribution >= 4 is 44.7 Å². The van der Waals surface area contributed by atoms with Crippen molar-refractivity contribution < 1.29 is 4.79 Å². The summed E-state index contributed by atoms with van der Waals surface area (Å²) in [5, 5.41) is 10.4. The molecule has 35 heavy (non-hydrogen) atoms. The molecule has 4 heterocycles. The molecule has 0 saturated carbocycles. The summed E-state index contributed by atoms with van der Waals surface area (Å²) in [5.41, 5.74) is 7.98. The van der Waals surface area contributed by atoms with Crippen LogP contribution >= 0.6 is 11.3 Å². The van der Waals surface area contributed by atoms with Crippen LogP contribution in [0.15, 0.2) is 59.9 Å². The lowest BCUT2D eigenvalue weighted by Gasteiger charge is -2.35. The average Bonchev–Trinajstić information content (AvgIpc) is 3.50. The minimum Gasteiger partial charge on any atom is -0.388 e. The lowest BCUT2D eigenvalue weighted by Crippen LogP contribution is -2.47. The summed E-state index contributed by atoms with van der Waals surface area (Å²) in [6.07, 6.45) is 5.81. The number of allylic oxidation sites excluding steroid dienone is 1. The van der Waals surface area contributed by atoms with E-state index in [4.69, 9.17) is 0 Å². The Labute approximate surface area is 210 Å². The molecule has 0 saturated heterocycles. The zero-order chi connectivity index (χ0) is 24.6. The van der Waals surface area contributed by atoms with Crippen LogP contribution in [0.2, 0.25) is 0 Å². The van der Waals surface area contributed by atoms with Gasteiger partial charge in [-0.15, -0.1) is 11.3 Å². The minimum absolute atomic E-state index is 0.176. The molecule has 0 fully saturated rings. The van der Waals surface area contributed by atoms with Crippen LogP contribution in [0.3, 0.4) is 0 Å². The number of carbonyl (C=O) groups is 1. The highest BCUT2D eigenvalue weighted by atomic mass is 32.1. The lowest BCUT2D eigenvalue weighted by atomic mass is 9.89. The number of pyridine rings is 1. The number of thiazole rings is 1. The Balaban J connectivity index is 1.25. The van der Waals surface area contributed by atoms with Crippen LogP contribution in [0, 0.1) is 5.41 Å². The van der Waals surface area contributed by atoms with Gasteiger partial charge in [0.15, 0.2) is 0 Å². The quantitative estimate of drug-likeness (QED) is 0.403. The van der Waals surface area contributed by atoms with E-state index in [1.54, 1.807) is 11.3 Å². The zero-order valence-electron chi connectivity index (χ0n) is 20.5.